The first-order valence-corrected chi connectivity index (χ1v) is 6.52. The van der Waals surface area contributed by atoms with Crippen molar-refractivity contribution in [3.8, 4) is 5.75 Å². The molecule has 1 aromatic carbocycles. The minimum absolute atomic E-state index is 0.0425. The van der Waals surface area contributed by atoms with Crippen LogP contribution in [0.5, 0.6) is 5.75 Å². The molecule has 1 atom stereocenters. The molecule has 114 valence electrons. The number of rotatable bonds is 5. The summed E-state index contributed by atoms with van der Waals surface area (Å²) in [5.74, 6) is -0.519. The normalized spacial score (nSPS) is 21.2. The van der Waals surface area contributed by atoms with E-state index in [1.807, 2.05) is 6.92 Å². The Bertz CT molecular complexity index is 551. The van der Waals surface area contributed by atoms with E-state index < -0.39 is 18.1 Å². The van der Waals surface area contributed by atoms with Crippen LogP contribution in [0.25, 0.3) is 0 Å². The molecule has 21 heavy (non-hydrogen) atoms. The number of hydrogen-bond acceptors (Lipinski definition) is 3. The Hall–Kier alpha value is -2.18. The van der Waals surface area contributed by atoms with Crippen molar-refractivity contribution >= 4 is 11.8 Å². The molecule has 0 aromatic heterocycles. The van der Waals surface area contributed by atoms with Crippen LogP contribution < -0.4 is 15.4 Å². The molecule has 0 saturated carbocycles. The lowest BCUT2D eigenvalue weighted by atomic mass is 10.0. The molecule has 2 rings (SSSR count). The fourth-order valence-corrected chi connectivity index (χ4v) is 2.17. The van der Waals surface area contributed by atoms with Crippen LogP contribution in [0.3, 0.4) is 0 Å². The Morgan fingerprint density at radius 2 is 2.29 bits per heavy atom. The molecule has 7 heteroatoms. The van der Waals surface area contributed by atoms with E-state index in [4.69, 9.17) is 0 Å². The van der Waals surface area contributed by atoms with Crippen molar-refractivity contribution in [3.05, 3.63) is 29.8 Å². The number of ether oxygens (including phenoxy) is 1. The van der Waals surface area contributed by atoms with Crippen molar-refractivity contribution in [2.24, 2.45) is 0 Å². The van der Waals surface area contributed by atoms with E-state index in [0.717, 1.165) is 0 Å². The molecule has 1 unspecified atom stereocenters. The molecule has 1 aliphatic heterocycles. The van der Waals surface area contributed by atoms with Gasteiger partial charge in [-0.25, -0.2) is 0 Å². The van der Waals surface area contributed by atoms with Gasteiger partial charge in [0, 0.05) is 18.5 Å². The third kappa shape index (κ3) is 4.14. The van der Waals surface area contributed by atoms with Gasteiger partial charge in [0.2, 0.25) is 5.91 Å². The van der Waals surface area contributed by atoms with Crippen LogP contribution in [0.2, 0.25) is 0 Å². The molecule has 2 N–H and O–H groups in total. The smallest absolute Gasteiger partial charge is 0.387 e. The van der Waals surface area contributed by atoms with Gasteiger partial charge in [-0.15, -0.1) is 0 Å². The Kier molecular flexibility index (Phi) is 4.40. The highest BCUT2D eigenvalue weighted by Gasteiger charge is 2.33. The van der Waals surface area contributed by atoms with Crippen molar-refractivity contribution in [2.75, 3.05) is 6.54 Å². The Labute approximate surface area is 120 Å². The summed E-state index contributed by atoms with van der Waals surface area (Å²) >= 11 is 0. The molecule has 2 amide bonds. The van der Waals surface area contributed by atoms with E-state index in [2.05, 4.69) is 15.4 Å². The van der Waals surface area contributed by atoms with Crippen molar-refractivity contribution in [1.82, 2.24) is 10.6 Å². The average molecular weight is 298 g/mol. The highest BCUT2D eigenvalue weighted by Crippen LogP contribution is 2.19. The number of amides is 2. The van der Waals surface area contributed by atoms with Crippen LogP contribution >= 0.6 is 0 Å². The molecule has 1 heterocycles. The van der Waals surface area contributed by atoms with Gasteiger partial charge in [0.05, 0.1) is 5.54 Å². The Balaban J connectivity index is 1.95. The summed E-state index contributed by atoms with van der Waals surface area (Å²) in [6.07, 6.45) is 1.07. The first-order valence-electron chi connectivity index (χ1n) is 6.52. The van der Waals surface area contributed by atoms with E-state index in [-0.39, 0.29) is 23.8 Å². The molecule has 0 spiro atoms. The number of benzene rings is 1. The van der Waals surface area contributed by atoms with Crippen molar-refractivity contribution in [3.63, 3.8) is 0 Å². The molecule has 1 fully saturated rings. The third-order valence-electron chi connectivity index (χ3n) is 3.31. The largest absolute Gasteiger partial charge is 0.435 e. The van der Waals surface area contributed by atoms with Crippen molar-refractivity contribution in [2.45, 2.75) is 31.9 Å². The maximum absolute atomic E-state index is 12.1. The number of halogens is 2. The summed E-state index contributed by atoms with van der Waals surface area (Å²) in [5.41, 5.74) is -0.245. The molecule has 0 bridgehead atoms. The summed E-state index contributed by atoms with van der Waals surface area (Å²) in [5, 5.41) is 5.48. The molecular formula is C14H16F2N2O3. The molecule has 5 nitrogen and oxygen atoms in total. The van der Waals surface area contributed by atoms with Crippen molar-refractivity contribution < 1.29 is 23.1 Å². The number of carbonyl (C=O) groups excluding carboxylic acids is 2. The summed E-state index contributed by atoms with van der Waals surface area (Å²) in [6, 6.07) is 5.56. The lowest BCUT2D eigenvalue weighted by molar-refractivity contribution is -0.119. The maximum Gasteiger partial charge on any atom is 0.387 e. The molecule has 0 radical (unpaired) electrons. The second kappa shape index (κ2) is 6.07. The maximum atomic E-state index is 12.1. The number of carbonyl (C=O) groups is 2. The third-order valence-corrected chi connectivity index (χ3v) is 3.31. The highest BCUT2D eigenvalue weighted by atomic mass is 19.3. The van der Waals surface area contributed by atoms with Crippen LogP contribution in [0, 0.1) is 0 Å². The zero-order valence-corrected chi connectivity index (χ0v) is 11.5. The molecule has 1 aliphatic rings. The van der Waals surface area contributed by atoms with E-state index in [0.29, 0.717) is 12.8 Å². The summed E-state index contributed by atoms with van der Waals surface area (Å²) < 4.78 is 28.5. The molecule has 1 saturated heterocycles. The topological polar surface area (TPSA) is 67.4 Å². The first-order chi connectivity index (χ1) is 9.88. The fraction of sp³-hybridized carbons (Fsp3) is 0.429. The second-order valence-electron chi connectivity index (χ2n) is 5.20. The van der Waals surface area contributed by atoms with E-state index in [1.165, 1.54) is 24.3 Å². The average Bonchev–Trinajstić information content (AvgIpc) is 2.76. The predicted octanol–water partition coefficient (Wildman–Crippen LogP) is 1.69. The van der Waals surface area contributed by atoms with Gasteiger partial charge in [0.1, 0.15) is 5.75 Å². The van der Waals surface area contributed by atoms with E-state index in [9.17, 15) is 18.4 Å². The van der Waals surface area contributed by atoms with Gasteiger partial charge < -0.3 is 15.4 Å². The molecule has 1 aromatic rings. The van der Waals surface area contributed by atoms with Crippen LogP contribution in [-0.4, -0.2) is 30.5 Å². The lowest BCUT2D eigenvalue weighted by Gasteiger charge is -2.24. The summed E-state index contributed by atoms with van der Waals surface area (Å²) in [4.78, 5) is 23.2. The standard InChI is InChI=1S/C14H16F2N2O3/c1-14(6-5-11(19)18-14)8-17-12(20)9-3-2-4-10(7-9)21-13(15)16/h2-4,7,13H,5-6,8H2,1H3,(H,17,20)(H,18,19). The molecular weight excluding hydrogens is 282 g/mol. The quantitative estimate of drug-likeness (QED) is 0.869. The molecule has 0 aliphatic carbocycles. The van der Waals surface area contributed by atoms with E-state index in [1.54, 1.807) is 0 Å². The minimum Gasteiger partial charge on any atom is -0.435 e. The van der Waals surface area contributed by atoms with Crippen LogP contribution in [-0.2, 0) is 4.79 Å². The minimum atomic E-state index is -2.93. The van der Waals surface area contributed by atoms with Crippen LogP contribution in [0.15, 0.2) is 24.3 Å². The second-order valence-corrected chi connectivity index (χ2v) is 5.20. The highest BCUT2D eigenvalue weighted by molar-refractivity contribution is 5.94. The number of hydrogen-bond donors (Lipinski definition) is 2. The Morgan fingerprint density at radius 1 is 1.52 bits per heavy atom. The number of alkyl halides is 2. The predicted molar refractivity (Wildman–Crippen MR) is 71.2 cm³/mol. The summed E-state index contributed by atoms with van der Waals surface area (Å²) in [6.45, 7) is -0.817. The monoisotopic (exact) mass is 298 g/mol. The van der Waals surface area contributed by atoms with Crippen LogP contribution in [0.4, 0.5) is 8.78 Å². The van der Waals surface area contributed by atoms with Crippen LogP contribution in [0.1, 0.15) is 30.1 Å². The SMILES string of the molecule is CC1(CNC(=O)c2cccc(OC(F)F)c2)CCC(=O)N1. The van der Waals surface area contributed by atoms with Crippen molar-refractivity contribution in [1.29, 1.82) is 0 Å². The van der Waals surface area contributed by atoms with Gasteiger partial charge in [0.25, 0.3) is 5.91 Å². The Morgan fingerprint density at radius 3 is 2.90 bits per heavy atom. The van der Waals surface area contributed by atoms with Gasteiger partial charge in [0.15, 0.2) is 0 Å². The van der Waals surface area contributed by atoms with Gasteiger partial charge in [-0.3, -0.25) is 9.59 Å². The van der Waals surface area contributed by atoms with Gasteiger partial charge in [-0.05, 0) is 31.5 Å². The fourth-order valence-electron chi connectivity index (χ4n) is 2.17. The number of nitrogens with one attached hydrogen (secondary N) is 2. The van der Waals surface area contributed by atoms with Gasteiger partial charge in [-0.1, -0.05) is 6.07 Å². The van der Waals surface area contributed by atoms with Gasteiger partial charge in [-0.2, -0.15) is 8.78 Å². The van der Waals surface area contributed by atoms with E-state index >= 15 is 0 Å². The zero-order valence-electron chi connectivity index (χ0n) is 11.5. The first kappa shape index (κ1) is 15.2. The lowest BCUT2D eigenvalue weighted by Crippen LogP contribution is -2.48. The summed E-state index contributed by atoms with van der Waals surface area (Å²) in [7, 11) is 0. The zero-order chi connectivity index (χ0) is 15.5. The van der Waals surface area contributed by atoms with Gasteiger partial charge >= 0.3 is 6.61 Å².